The van der Waals surface area contributed by atoms with Gasteiger partial charge in [0.15, 0.2) is 0 Å². The van der Waals surface area contributed by atoms with Crippen molar-refractivity contribution < 1.29 is 4.79 Å². The minimum Gasteiger partial charge on any atom is -0.317 e. The molecule has 3 nitrogen and oxygen atoms in total. The number of carbonyl (C=O) groups excluding carboxylic acids is 1. The molecule has 0 spiro atoms. The average molecular weight is 417 g/mol. The van der Waals surface area contributed by atoms with Crippen molar-refractivity contribution in [1.82, 2.24) is 4.90 Å². The monoisotopic (exact) mass is 416 g/mol. The van der Waals surface area contributed by atoms with Crippen LogP contribution in [0.4, 0.5) is 0 Å². The highest BCUT2D eigenvalue weighted by atomic mass is 35.5. The molecule has 1 heterocycles. The summed E-state index contributed by atoms with van der Waals surface area (Å²) < 4.78 is 0. The van der Waals surface area contributed by atoms with Crippen LogP contribution in [0, 0.1) is 5.92 Å². The highest BCUT2D eigenvalue weighted by molar-refractivity contribution is 6.30. The lowest BCUT2D eigenvalue weighted by Gasteiger charge is -2.54. The van der Waals surface area contributed by atoms with E-state index in [1.54, 1.807) is 0 Å². The minimum atomic E-state index is -1.00. The smallest absolute Gasteiger partial charge is 0.228 e. The molecule has 0 unspecified atom stereocenters. The Balaban J connectivity index is 2.22. The number of likely N-dealkylation sites (tertiary alicyclic amines) is 1. The second kappa shape index (κ2) is 8.28. The Morgan fingerprint density at radius 1 is 1.21 bits per heavy atom. The Bertz CT molecular complexity index is 865. The number of benzene rings is 2. The number of nitrogens with two attached hydrogens (primary N) is 1. The maximum Gasteiger partial charge on any atom is 0.228 e. The van der Waals surface area contributed by atoms with E-state index in [0.717, 1.165) is 11.1 Å². The molecule has 1 fully saturated rings. The third kappa shape index (κ3) is 3.71. The second-order valence-corrected chi connectivity index (χ2v) is 8.57. The first kappa shape index (κ1) is 20.9. The van der Waals surface area contributed by atoms with E-state index in [0.29, 0.717) is 22.9 Å². The van der Waals surface area contributed by atoms with E-state index in [9.17, 15) is 4.79 Å². The molecule has 1 saturated heterocycles. The summed E-state index contributed by atoms with van der Waals surface area (Å²) in [5, 5.41) is 1.29. The van der Waals surface area contributed by atoms with E-state index in [2.05, 4.69) is 6.58 Å². The molecule has 1 aliphatic rings. The van der Waals surface area contributed by atoms with Gasteiger partial charge in [0, 0.05) is 27.9 Å². The number of amides is 1. The molecule has 1 amide bonds. The normalized spacial score (nSPS) is 25.2. The van der Waals surface area contributed by atoms with Crippen molar-refractivity contribution in [3.8, 4) is 0 Å². The van der Waals surface area contributed by atoms with Crippen molar-refractivity contribution in [2.24, 2.45) is 11.7 Å². The zero-order chi connectivity index (χ0) is 20.5. The lowest BCUT2D eigenvalue weighted by atomic mass is 9.70. The number of hydrogen-bond acceptors (Lipinski definition) is 2. The van der Waals surface area contributed by atoms with E-state index in [1.165, 1.54) is 0 Å². The van der Waals surface area contributed by atoms with Crippen LogP contribution in [0.15, 0.2) is 61.2 Å². The summed E-state index contributed by atoms with van der Waals surface area (Å²) in [6, 6.07) is 15.2. The molecule has 0 radical (unpaired) electrons. The number of piperidine rings is 1. The van der Waals surface area contributed by atoms with Gasteiger partial charge in [-0.2, -0.15) is 0 Å². The number of nitrogens with zero attached hydrogens (tertiary/aromatic N) is 1. The fourth-order valence-corrected chi connectivity index (χ4v) is 4.69. The van der Waals surface area contributed by atoms with Gasteiger partial charge in [-0.15, -0.1) is 6.58 Å². The van der Waals surface area contributed by atoms with E-state index in [-0.39, 0.29) is 23.8 Å². The first-order valence-corrected chi connectivity index (χ1v) is 10.3. The molecule has 3 rings (SSSR count). The van der Waals surface area contributed by atoms with Crippen LogP contribution in [0.25, 0.3) is 0 Å². The number of hydrogen-bond donors (Lipinski definition) is 1. The third-order valence-corrected chi connectivity index (χ3v) is 6.05. The standard InChI is InChI=1S/C23H26Cl2N2O/c1-4-6-17-14-21(16-7-5-8-20(25)13-16)23(26,27(15(2)3)22(17)28)18-9-11-19(24)12-10-18/h4-5,7-13,15,17,21H,1,6,14,26H2,2-3H3/t17-,21+,23+/m0/s1. The molecule has 0 bridgehead atoms. The highest BCUT2D eigenvalue weighted by Crippen LogP contribution is 2.48. The van der Waals surface area contributed by atoms with Crippen LogP contribution in [0.3, 0.4) is 0 Å². The molecule has 1 aliphatic heterocycles. The molecule has 3 atom stereocenters. The summed E-state index contributed by atoms with van der Waals surface area (Å²) in [7, 11) is 0. The van der Waals surface area contributed by atoms with Gasteiger partial charge in [-0.1, -0.05) is 53.5 Å². The predicted octanol–water partition coefficient (Wildman–Crippen LogP) is 5.72. The quantitative estimate of drug-likeness (QED) is 0.633. The molecule has 0 saturated carbocycles. The first-order valence-electron chi connectivity index (χ1n) is 9.53. The van der Waals surface area contributed by atoms with Gasteiger partial charge in [0.2, 0.25) is 5.91 Å². The van der Waals surface area contributed by atoms with Crippen LogP contribution in [0.1, 0.15) is 43.7 Å². The lowest BCUT2D eigenvalue weighted by Crippen LogP contribution is -2.66. The van der Waals surface area contributed by atoms with Crippen LogP contribution < -0.4 is 5.73 Å². The fraction of sp³-hybridized carbons (Fsp3) is 0.348. The summed E-state index contributed by atoms with van der Waals surface area (Å²) in [5.41, 5.74) is 8.03. The molecular weight excluding hydrogens is 391 g/mol. The van der Waals surface area contributed by atoms with E-state index in [4.69, 9.17) is 28.9 Å². The SMILES string of the molecule is C=CC[C@H]1C[C@H](c2cccc(Cl)c2)[C@@](N)(c2ccc(Cl)cc2)N(C(C)C)C1=O. The zero-order valence-electron chi connectivity index (χ0n) is 16.2. The van der Waals surface area contributed by atoms with E-state index >= 15 is 0 Å². The van der Waals surface area contributed by atoms with Crippen molar-refractivity contribution in [1.29, 1.82) is 0 Å². The minimum absolute atomic E-state index is 0.0608. The third-order valence-electron chi connectivity index (χ3n) is 5.56. The van der Waals surface area contributed by atoms with Crippen molar-refractivity contribution >= 4 is 29.1 Å². The molecule has 2 aromatic rings. The Morgan fingerprint density at radius 3 is 2.46 bits per heavy atom. The highest BCUT2D eigenvalue weighted by Gasteiger charge is 2.52. The number of carbonyl (C=O) groups is 1. The predicted molar refractivity (Wildman–Crippen MR) is 116 cm³/mol. The molecule has 0 aromatic heterocycles. The Labute approximate surface area is 177 Å². The van der Waals surface area contributed by atoms with Crippen molar-refractivity contribution in [3.05, 3.63) is 82.4 Å². The molecule has 2 aromatic carbocycles. The maximum absolute atomic E-state index is 13.4. The molecule has 0 aliphatic carbocycles. The number of rotatable bonds is 5. The van der Waals surface area contributed by atoms with Gasteiger partial charge in [0.25, 0.3) is 0 Å². The fourth-order valence-electron chi connectivity index (χ4n) is 4.36. The summed E-state index contributed by atoms with van der Waals surface area (Å²) >= 11 is 12.4. The van der Waals surface area contributed by atoms with E-state index in [1.807, 2.05) is 73.4 Å². The van der Waals surface area contributed by atoms with Crippen molar-refractivity contribution in [2.45, 2.75) is 44.3 Å². The Morgan fingerprint density at radius 2 is 1.89 bits per heavy atom. The van der Waals surface area contributed by atoms with E-state index < -0.39 is 5.66 Å². The Kier molecular flexibility index (Phi) is 6.18. The molecule has 148 valence electrons. The molecule has 28 heavy (non-hydrogen) atoms. The Hall–Kier alpha value is -1.81. The van der Waals surface area contributed by atoms with Gasteiger partial charge in [0.1, 0.15) is 5.66 Å². The second-order valence-electron chi connectivity index (χ2n) is 7.70. The molecular formula is C23H26Cl2N2O. The topological polar surface area (TPSA) is 46.3 Å². The van der Waals surface area contributed by atoms with Gasteiger partial charge < -0.3 is 10.6 Å². The lowest BCUT2D eigenvalue weighted by molar-refractivity contribution is -0.154. The van der Waals surface area contributed by atoms with Crippen LogP contribution in [0.2, 0.25) is 10.0 Å². The van der Waals surface area contributed by atoms with Crippen molar-refractivity contribution in [3.63, 3.8) is 0 Å². The summed E-state index contributed by atoms with van der Waals surface area (Å²) in [5.74, 6) is -0.212. The van der Waals surface area contributed by atoms with Gasteiger partial charge in [-0.3, -0.25) is 4.79 Å². The van der Waals surface area contributed by atoms with Gasteiger partial charge in [0.05, 0.1) is 0 Å². The van der Waals surface area contributed by atoms with Gasteiger partial charge in [-0.05, 0) is 62.1 Å². The van der Waals surface area contributed by atoms with Gasteiger partial charge >= 0.3 is 0 Å². The van der Waals surface area contributed by atoms with Crippen molar-refractivity contribution in [2.75, 3.05) is 0 Å². The van der Waals surface area contributed by atoms with Crippen LogP contribution in [-0.2, 0) is 10.5 Å². The maximum atomic E-state index is 13.4. The molecule has 5 heteroatoms. The average Bonchev–Trinajstić information content (AvgIpc) is 2.64. The van der Waals surface area contributed by atoms with Crippen LogP contribution in [-0.4, -0.2) is 16.8 Å². The summed E-state index contributed by atoms with van der Waals surface area (Å²) in [6.45, 7) is 7.84. The number of allylic oxidation sites excluding steroid dienone is 1. The largest absolute Gasteiger partial charge is 0.317 e. The van der Waals surface area contributed by atoms with Crippen LogP contribution in [0.5, 0.6) is 0 Å². The van der Waals surface area contributed by atoms with Crippen LogP contribution >= 0.6 is 23.2 Å². The van der Waals surface area contributed by atoms with Gasteiger partial charge in [-0.25, -0.2) is 0 Å². The number of halogens is 2. The molecule has 2 N–H and O–H groups in total. The summed E-state index contributed by atoms with van der Waals surface area (Å²) in [4.78, 5) is 15.2. The summed E-state index contributed by atoms with van der Waals surface area (Å²) in [6.07, 6.45) is 3.06. The first-order chi connectivity index (χ1) is 13.3. The zero-order valence-corrected chi connectivity index (χ0v) is 17.8.